The molecule has 4 heteroatoms. The van der Waals surface area contributed by atoms with Gasteiger partial charge in [-0.2, -0.15) is 0 Å². The molecule has 0 aliphatic heterocycles. The molecule has 1 atom stereocenters. The lowest BCUT2D eigenvalue weighted by molar-refractivity contribution is 0.182. The zero-order chi connectivity index (χ0) is 15.8. The van der Waals surface area contributed by atoms with Gasteiger partial charge in [-0.25, -0.2) is 0 Å². The van der Waals surface area contributed by atoms with Crippen LogP contribution in [0.25, 0.3) is 0 Å². The molecule has 0 saturated carbocycles. The molecular weight excluding hydrogens is 262 g/mol. The number of aryl methyl sites for hydroxylation is 1. The summed E-state index contributed by atoms with van der Waals surface area (Å²) in [6.07, 6.45) is 1.14. The zero-order valence-corrected chi connectivity index (χ0v) is 14.2. The minimum Gasteiger partial charge on any atom is -0.496 e. The fraction of sp³-hybridized carbons (Fsp3) is 0.647. The van der Waals surface area contributed by atoms with Crippen molar-refractivity contribution in [1.29, 1.82) is 0 Å². The molecule has 0 aliphatic carbocycles. The topological polar surface area (TPSA) is 41.7 Å². The van der Waals surface area contributed by atoms with E-state index in [1.165, 1.54) is 5.56 Å². The zero-order valence-electron chi connectivity index (χ0n) is 14.2. The van der Waals surface area contributed by atoms with E-state index < -0.39 is 0 Å². The first-order valence-corrected chi connectivity index (χ1v) is 7.76. The van der Waals surface area contributed by atoms with Crippen LogP contribution in [0.4, 0.5) is 0 Å². The Labute approximate surface area is 129 Å². The van der Waals surface area contributed by atoms with Crippen LogP contribution in [0.3, 0.4) is 0 Å². The molecular formula is C17H31N3O. The van der Waals surface area contributed by atoms with Crippen LogP contribution in [0.5, 0.6) is 5.75 Å². The van der Waals surface area contributed by atoms with Gasteiger partial charge in [-0.15, -0.1) is 0 Å². The number of likely N-dealkylation sites (N-methyl/N-ethyl adjacent to an activating group) is 1. The minimum absolute atomic E-state index is 0.273. The Morgan fingerprint density at radius 3 is 2.38 bits per heavy atom. The summed E-state index contributed by atoms with van der Waals surface area (Å²) in [7, 11) is 5.93. The van der Waals surface area contributed by atoms with Gasteiger partial charge in [0.2, 0.25) is 0 Å². The standard InChI is InChI=1S/C17H31N3O/c1-6-9-20(11-10-19(3)4)16(13-18)15-7-8-17(21-5)14(2)12-15/h7-8,12,16H,6,9-11,13,18H2,1-5H3. The first-order chi connectivity index (χ1) is 10.0. The van der Waals surface area contributed by atoms with Gasteiger partial charge in [0.15, 0.2) is 0 Å². The Hall–Kier alpha value is -1.10. The lowest BCUT2D eigenvalue weighted by Crippen LogP contribution is -2.38. The maximum atomic E-state index is 6.08. The number of benzene rings is 1. The third-order valence-electron chi connectivity index (χ3n) is 3.81. The molecule has 0 aliphatic rings. The van der Waals surface area contributed by atoms with E-state index in [2.05, 4.69) is 49.9 Å². The molecule has 0 fully saturated rings. The smallest absolute Gasteiger partial charge is 0.121 e. The first-order valence-electron chi connectivity index (χ1n) is 7.76. The lowest BCUT2D eigenvalue weighted by Gasteiger charge is -2.32. The molecule has 0 saturated heterocycles. The molecule has 21 heavy (non-hydrogen) atoms. The molecule has 0 heterocycles. The number of nitrogens with zero attached hydrogens (tertiary/aromatic N) is 2. The van der Waals surface area contributed by atoms with E-state index in [4.69, 9.17) is 10.5 Å². The van der Waals surface area contributed by atoms with Gasteiger partial charge in [0.1, 0.15) is 5.75 Å². The van der Waals surface area contributed by atoms with E-state index in [0.717, 1.165) is 37.4 Å². The van der Waals surface area contributed by atoms with Crippen molar-refractivity contribution in [2.24, 2.45) is 5.73 Å². The fourth-order valence-electron chi connectivity index (χ4n) is 2.64. The molecule has 0 bridgehead atoms. The van der Waals surface area contributed by atoms with Gasteiger partial charge in [0.05, 0.1) is 7.11 Å². The first kappa shape index (κ1) is 18.0. The number of hydrogen-bond donors (Lipinski definition) is 1. The van der Waals surface area contributed by atoms with Crippen LogP contribution >= 0.6 is 0 Å². The number of methoxy groups -OCH3 is 1. The van der Waals surface area contributed by atoms with Crippen molar-refractivity contribution in [2.45, 2.75) is 26.3 Å². The number of ether oxygens (including phenoxy) is 1. The molecule has 120 valence electrons. The van der Waals surface area contributed by atoms with Crippen LogP contribution in [0, 0.1) is 6.92 Å². The van der Waals surface area contributed by atoms with Crippen LogP contribution < -0.4 is 10.5 Å². The molecule has 1 aromatic rings. The molecule has 1 aromatic carbocycles. The van der Waals surface area contributed by atoms with Crippen LogP contribution in [0.1, 0.15) is 30.5 Å². The van der Waals surface area contributed by atoms with E-state index >= 15 is 0 Å². The van der Waals surface area contributed by atoms with E-state index in [-0.39, 0.29) is 6.04 Å². The predicted octanol–water partition coefficient (Wildman–Crippen LogP) is 2.28. The summed E-state index contributed by atoms with van der Waals surface area (Å²) in [6.45, 7) is 8.09. The van der Waals surface area contributed by atoms with E-state index in [1.807, 2.05) is 6.07 Å². The van der Waals surface area contributed by atoms with Gasteiger partial charge in [-0.3, -0.25) is 4.90 Å². The van der Waals surface area contributed by atoms with Crippen molar-refractivity contribution in [1.82, 2.24) is 9.80 Å². The maximum Gasteiger partial charge on any atom is 0.121 e. The number of nitrogens with two attached hydrogens (primary N) is 1. The summed E-state index contributed by atoms with van der Waals surface area (Å²) in [5.41, 5.74) is 8.52. The number of hydrogen-bond acceptors (Lipinski definition) is 4. The van der Waals surface area contributed by atoms with Gasteiger partial charge in [0, 0.05) is 25.7 Å². The predicted molar refractivity (Wildman–Crippen MR) is 89.9 cm³/mol. The quantitative estimate of drug-likeness (QED) is 0.758. The van der Waals surface area contributed by atoms with Crippen molar-refractivity contribution < 1.29 is 4.74 Å². The summed E-state index contributed by atoms with van der Waals surface area (Å²) >= 11 is 0. The van der Waals surface area contributed by atoms with Crippen molar-refractivity contribution in [3.63, 3.8) is 0 Å². The van der Waals surface area contributed by atoms with Crippen LogP contribution in [0.2, 0.25) is 0 Å². The number of rotatable bonds is 9. The summed E-state index contributed by atoms with van der Waals surface area (Å²) in [5.74, 6) is 0.935. The second-order valence-corrected chi connectivity index (χ2v) is 5.82. The Bertz CT molecular complexity index is 420. The van der Waals surface area contributed by atoms with Gasteiger partial charge < -0.3 is 15.4 Å². The van der Waals surface area contributed by atoms with E-state index in [9.17, 15) is 0 Å². The van der Waals surface area contributed by atoms with Crippen molar-refractivity contribution in [3.05, 3.63) is 29.3 Å². The summed E-state index contributed by atoms with van der Waals surface area (Å²) in [4.78, 5) is 4.71. The van der Waals surface area contributed by atoms with E-state index in [1.54, 1.807) is 7.11 Å². The third-order valence-corrected chi connectivity index (χ3v) is 3.81. The van der Waals surface area contributed by atoms with Crippen molar-refractivity contribution in [3.8, 4) is 5.75 Å². The molecule has 0 aromatic heterocycles. The summed E-state index contributed by atoms with van der Waals surface area (Å²) in [6, 6.07) is 6.66. The Morgan fingerprint density at radius 2 is 1.90 bits per heavy atom. The highest BCUT2D eigenvalue weighted by atomic mass is 16.5. The molecule has 0 amide bonds. The van der Waals surface area contributed by atoms with Gasteiger partial charge in [0.25, 0.3) is 0 Å². The lowest BCUT2D eigenvalue weighted by atomic mass is 10.0. The normalized spacial score (nSPS) is 13.0. The maximum absolute atomic E-state index is 6.08. The molecule has 1 rings (SSSR count). The summed E-state index contributed by atoms with van der Waals surface area (Å²) in [5, 5.41) is 0. The summed E-state index contributed by atoms with van der Waals surface area (Å²) < 4.78 is 5.35. The van der Waals surface area contributed by atoms with Crippen molar-refractivity contribution >= 4 is 0 Å². The SMILES string of the molecule is CCCN(CCN(C)C)C(CN)c1ccc(OC)c(C)c1. The Balaban J connectivity index is 2.93. The fourth-order valence-corrected chi connectivity index (χ4v) is 2.64. The Kier molecular flexibility index (Phi) is 7.72. The monoisotopic (exact) mass is 293 g/mol. The molecule has 0 radical (unpaired) electrons. The highest BCUT2D eigenvalue weighted by Crippen LogP contribution is 2.25. The van der Waals surface area contributed by atoms with E-state index in [0.29, 0.717) is 6.54 Å². The molecule has 2 N–H and O–H groups in total. The average molecular weight is 293 g/mol. The highest BCUT2D eigenvalue weighted by Gasteiger charge is 2.19. The molecule has 4 nitrogen and oxygen atoms in total. The highest BCUT2D eigenvalue weighted by molar-refractivity contribution is 5.37. The van der Waals surface area contributed by atoms with Gasteiger partial charge in [-0.1, -0.05) is 19.1 Å². The van der Waals surface area contributed by atoms with Gasteiger partial charge in [-0.05, 0) is 51.2 Å². The van der Waals surface area contributed by atoms with Crippen molar-refractivity contribution in [2.75, 3.05) is 47.4 Å². The second-order valence-electron chi connectivity index (χ2n) is 5.82. The largest absolute Gasteiger partial charge is 0.496 e. The molecule has 1 unspecified atom stereocenters. The average Bonchev–Trinajstić information content (AvgIpc) is 2.45. The Morgan fingerprint density at radius 1 is 1.19 bits per heavy atom. The molecule has 0 spiro atoms. The van der Waals surface area contributed by atoms with Crippen LogP contribution in [0.15, 0.2) is 18.2 Å². The second kappa shape index (κ2) is 9.03. The van der Waals surface area contributed by atoms with Gasteiger partial charge >= 0.3 is 0 Å². The third kappa shape index (κ3) is 5.30. The minimum atomic E-state index is 0.273. The van der Waals surface area contributed by atoms with Crippen LogP contribution in [-0.2, 0) is 0 Å². The van der Waals surface area contributed by atoms with Crippen LogP contribution in [-0.4, -0.2) is 57.2 Å².